The first-order valence-electron chi connectivity index (χ1n) is 7.97. The molecule has 0 unspecified atom stereocenters. The summed E-state index contributed by atoms with van der Waals surface area (Å²) >= 11 is 0. The highest BCUT2D eigenvalue weighted by atomic mass is 32.2. The van der Waals surface area contributed by atoms with Crippen LogP contribution < -0.4 is 4.90 Å². The van der Waals surface area contributed by atoms with E-state index in [2.05, 4.69) is 4.98 Å². The van der Waals surface area contributed by atoms with Gasteiger partial charge < -0.3 is 9.64 Å². The zero-order valence-electron chi connectivity index (χ0n) is 14.2. The minimum absolute atomic E-state index is 0.159. The topological polar surface area (TPSA) is 120 Å². The first kappa shape index (κ1) is 19.1. The van der Waals surface area contributed by atoms with Crippen molar-refractivity contribution in [3.8, 4) is 0 Å². The van der Waals surface area contributed by atoms with Gasteiger partial charge in [0.2, 0.25) is 5.82 Å². The Hall–Kier alpha value is -2.23. The number of hydrogen-bond donors (Lipinski definition) is 0. The van der Waals surface area contributed by atoms with Gasteiger partial charge in [-0.25, -0.2) is 13.4 Å². The summed E-state index contributed by atoms with van der Waals surface area (Å²) in [6, 6.07) is 1.04. The lowest BCUT2D eigenvalue weighted by Crippen LogP contribution is -2.35. The molecular formula is C15H21N3O6S. The van der Waals surface area contributed by atoms with E-state index < -0.39 is 14.8 Å². The average Bonchev–Trinajstić information content (AvgIpc) is 2.54. The van der Waals surface area contributed by atoms with Crippen LogP contribution in [0.2, 0.25) is 0 Å². The van der Waals surface area contributed by atoms with Gasteiger partial charge in [-0.2, -0.15) is 0 Å². The highest BCUT2D eigenvalue weighted by molar-refractivity contribution is 7.90. The lowest BCUT2D eigenvalue weighted by atomic mass is 9.93. The summed E-state index contributed by atoms with van der Waals surface area (Å²) < 4.78 is 28.1. The number of rotatable bonds is 6. The normalized spacial score (nSPS) is 15.8. The van der Waals surface area contributed by atoms with E-state index in [1.165, 1.54) is 0 Å². The standard InChI is InChI=1S/C15H21N3O6S/c1-3-24-14(19)8-11-4-6-17(7-5-11)15-13(18(20)21)9-12(10-16-15)25(2,22)23/h9-11H,3-8H2,1-2H3. The Labute approximate surface area is 146 Å². The van der Waals surface area contributed by atoms with E-state index in [-0.39, 0.29) is 28.3 Å². The van der Waals surface area contributed by atoms with Gasteiger partial charge in [-0.05, 0) is 25.7 Å². The van der Waals surface area contributed by atoms with E-state index >= 15 is 0 Å². The Bertz CT molecular complexity index is 757. The van der Waals surface area contributed by atoms with E-state index in [4.69, 9.17) is 4.74 Å². The van der Waals surface area contributed by atoms with Gasteiger partial charge in [0, 0.05) is 38.0 Å². The van der Waals surface area contributed by atoms with E-state index in [0.717, 1.165) is 18.5 Å². The SMILES string of the molecule is CCOC(=O)CC1CCN(c2ncc(S(C)(=O)=O)cc2[N+](=O)[O-])CC1. The van der Waals surface area contributed by atoms with Gasteiger partial charge in [0.05, 0.1) is 16.4 Å². The second-order valence-corrected chi connectivity index (χ2v) is 8.00. The highest BCUT2D eigenvalue weighted by Gasteiger charge is 2.28. The van der Waals surface area contributed by atoms with Crippen LogP contribution in [0.15, 0.2) is 17.2 Å². The minimum atomic E-state index is -3.57. The minimum Gasteiger partial charge on any atom is -0.466 e. The number of esters is 1. The van der Waals surface area contributed by atoms with Crippen molar-refractivity contribution in [2.75, 3.05) is 30.9 Å². The molecule has 10 heteroatoms. The van der Waals surface area contributed by atoms with Crippen LogP contribution in [0.25, 0.3) is 0 Å². The Morgan fingerprint density at radius 1 is 1.44 bits per heavy atom. The maximum absolute atomic E-state index is 11.6. The van der Waals surface area contributed by atoms with Crippen molar-refractivity contribution < 1.29 is 22.9 Å². The molecule has 0 aromatic carbocycles. The average molecular weight is 371 g/mol. The highest BCUT2D eigenvalue weighted by Crippen LogP contribution is 2.32. The van der Waals surface area contributed by atoms with E-state index in [0.29, 0.717) is 39.0 Å². The molecule has 1 saturated heterocycles. The number of hydrogen-bond acceptors (Lipinski definition) is 8. The fourth-order valence-electron chi connectivity index (χ4n) is 2.81. The number of aromatic nitrogens is 1. The Kier molecular flexibility index (Phi) is 5.93. The van der Waals surface area contributed by atoms with Gasteiger partial charge in [0.1, 0.15) is 0 Å². The van der Waals surface area contributed by atoms with Crippen LogP contribution in [-0.2, 0) is 19.4 Å². The lowest BCUT2D eigenvalue weighted by Gasteiger charge is -2.32. The van der Waals surface area contributed by atoms with Crippen LogP contribution in [-0.4, -0.2) is 50.2 Å². The number of pyridine rings is 1. The number of piperidine rings is 1. The summed E-state index contributed by atoms with van der Waals surface area (Å²) in [7, 11) is -3.57. The van der Waals surface area contributed by atoms with Crippen LogP contribution in [0.5, 0.6) is 0 Å². The van der Waals surface area contributed by atoms with Crippen LogP contribution in [0.4, 0.5) is 11.5 Å². The molecule has 2 heterocycles. The van der Waals surface area contributed by atoms with Gasteiger partial charge >= 0.3 is 11.7 Å². The molecule has 0 bridgehead atoms. The van der Waals surface area contributed by atoms with Gasteiger partial charge in [-0.3, -0.25) is 14.9 Å². The molecule has 0 atom stereocenters. The lowest BCUT2D eigenvalue weighted by molar-refractivity contribution is -0.384. The van der Waals surface area contributed by atoms with Gasteiger partial charge in [-0.1, -0.05) is 0 Å². The van der Waals surface area contributed by atoms with Crippen LogP contribution >= 0.6 is 0 Å². The Morgan fingerprint density at radius 2 is 2.08 bits per heavy atom. The van der Waals surface area contributed by atoms with Crippen molar-refractivity contribution >= 4 is 27.3 Å². The molecule has 2 rings (SSSR count). The van der Waals surface area contributed by atoms with Gasteiger partial charge in [-0.15, -0.1) is 0 Å². The maximum atomic E-state index is 11.6. The third-order valence-electron chi connectivity index (χ3n) is 4.12. The van der Waals surface area contributed by atoms with E-state index in [9.17, 15) is 23.3 Å². The summed E-state index contributed by atoms with van der Waals surface area (Å²) in [6.07, 6.45) is 3.83. The molecule has 9 nitrogen and oxygen atoms in total. The van der Waals surface area contributed by atoms with Crippen molar-refractivity contribution in [3.05, 3.63) is 22.4 Å². The second-order valence-electron chi connectivity index (χ2n) is 5.98. The summed E-state index contributed by atoms with van der Waals surface area (Å²) in [5.74, 6) is 0.0965. The predicted molar refractivity (Wildman–Crippen MR) is 90.2 cm³/mol. The molecule has 1 aliphatic heterocycles. The third kappa shape index (κ3) is 4.88. The maximum Gasteiger partial charge on any atom is 0.312 e. The molecule has 0 saturated carbocycles. The van der Waals surface area contributed by atoms with E-state index in [1.807, 2.05) is 0 Å². The summed E-state index contributed by atoms with van der Waals surface area (Å²) in [5.41, 5.74) is -0.327. The van der Waals surface area contributed by atoms with E-state index in [1.54, 1.807) is 11.8 Å². The van der Waals surface area contributed by atoms with Crippen molar-refractivity contribution in [1.29, 1.82) is 0 Å². The smallest absolute Gasteiger partial charge is 0.312 e. The summed E-state index contributed by atoms with van der Waals surface area (Å²) in [4.78, 5) is 27.8. The number of carbonyl (C=O) groups is 1. The zero-order valence-corrected chi connectivity index (χ0v) is 15.0. The number of nitrogens with zero attached hydrogens (tertiary/aromatic N) is 3. The van der Waals surface area contributed by atoms with Crippen molar-refractivity contribution in [1.82, 2.24) is 4.98 Å². The van der Waals surface area contributed by atoms with Crippen LogP contribution in [0.3, 0.4) is 0 Å². The number of nitro groups is 1. The predicted octanol–water partition coefficient (Wildman–Crippen LogP) is 1.56. The molecule has 1 aromatic rings. The molecule has 25 heavy (non-hydrogen) atoms. The Balaban J connectivity index is 2.13. The summed E-state index contributed by atoms with van der Waals surface area (Å²) in [5, 5.41) is 11.3. The molecule has 0 amide bonds. The number of sulfone groups is 1. The molecule has 1 aromatic heterocycles. The monoisotopic (exact) mass is 371 g/mol. The van der Waals surface area contributed by atoms with Crippen molar-refractivity contribution in [2.45, 2.75) is 31.1 Å². The molecule has 0 radical (unpaired) electrons. The molecule has 1 fully saturated rings. The summed E-state index contributed by atoms with van der Waals surface area (Å²) in [6.45, 7) is 3.12. The van der Waals surface area contributed by atoms with Crippen molar-refractivity contribution in [3.63, 3.8) is 0 Å². The first-order valence-corrected chi connectivity index (χ1v) is 9.86. The largest absolute Gasteiger partial charge is 0.466 e. The number of carbonyl (C=O) groups excluding carboxylic acids is 1. The molecular weight excluding hydrogens is 350 g/mol. The second kappa shape index (κ2) is 7.77. The molecule has 0 spiro atoms. The van der Waals surface area contributed by atoms with Gasteiger partial charge in [0.25, 0.3) is 0 Å². The third-order valence-corrected chi connectivity index (χ3v) is 5.20. The van der Waals surface area contributed by atoms with Crippen LogP contribution in [0, 0.1) is 16.0 Å². The fourth-order valence-corrected chi connectivity index (χ4v) is 3.38. The van der Waals surface area contributed by atoms with Gasteiger partial charge in [0.15, 0.2) is 9.84 Å². The number of anilines is 1. The fraction of sp³-hybridized carbons (Fsp3) is 0.600. The quantitative estimate of drug-likeness (QED) is 0.420. The molecule has 138 valence electrons. The van der Waals surface area contributed by atoms with Crippen LogP contribution in [0.1, 0.15) is 26.2 Å². The molecule has 0 N–H and O–H groups in total. The zero-order chi connectivity index (χ0) is 18.6. The Morgan fingerprint density at radius 3 is 2.60 bits per heavy atom. The number of ether oxygens (including phenoxy) is 1. The first-order chi connectivity index (χ1) is 11.7. The molecule has 1 aliphatic rings. The molecule has 0 aliphatic carbocycles. The van der Waals surface area contributed by atoms with Crippen molar-refractivity contribution in [2.24, 2.45) is 5.92 Å².